The van der Waals surface area contributed by atoms with E-state index in [1.165, 1.54) is 34.4 Å². The van der Waals surface area contributed by atoms with Gasteiger partial charge in [0.25, 0.3) is 0 Å². The molecule has 0 aliphatic heterocycles. The topological polar surface area (TPSA) is 14.2 Å². The molecule has 0 saturated heterocycles. The molecule has 6 heteroatoms. The van der Waals surface area contributed by atoms with Crippen LogP contribution in [0, 0.1) is 13.5 Å². The molecule has 9 aromatic rings. The monoisotopic (exact) mass is 891 g/mol. The lowest BCUT2D eigenvalue weighted by Gasteiger charge is -2.22. The van der Waals surface area contributed by atoms with Crippen LogP contribution in [0.4, 0.5) is 18.9 Å². The van der Waals surface area contributed by atoms with Gasteiger partial charge in [-0.2, -0.15) is 13.2 Å². The second-order valence-electron chi connectivity index (χ2n) is 22.6. The Morgan fingerprint density at radius 2 is 0.851 bits per heavy atom. The third-order valence-corrected chi connectivity index (χ3v) is 13.7. The van der Waals surface area contributed by atoms with Gasteiger partial charge in [-0.25, -0.2) is 4.85 Å². The third-order valence-electron chi connectivity index (χ3n) is 13.7. The van der Waals surface area contributed by atoms with Crippen molar-refractivity contribution in [2.45, 2.75) is 118 Å². The molecule has 0 aliphatic carbocycles. The van der Waals surface area contributed by atoms with Gasteiger partial charge in [0, 0.05) is 27.1 Å². The minimum atomic E-state index is -4.58. The van der Waals surface area contributed by atoms with Crippen LogP contribution in [0.3, 0.4) is 0 Å². The van der Waals surface area contributed by atoms with E-state index in [-0.39, 0.29) is 27.2 Å². The van der Waals surface area contributed by atoms with E-state index < -0.39 is 11.7 Å². The van der Waals surface area contributed by atoms with E-state index in [0.717, 1.165) is 66.1 Å². The lowest BCUT2D eigenvalue weighted by atomic mass is 9.85. The normalized spacial score (nSPS) is 13.1. The van der Waals surface area contributed by atoms with E-state index in [0.29, 0.717) is 16.8 Å². The molecule has 67 heavy (non-hydrogen) atoms. The van der Waals surface area contributed by atoms with Gasteiger partial charge in [-0.05, 0) is 146 Å². The zero-order valence-corrected chi connectivity index (χ0v) is 41.1. The Kier molecular flexibility index (Phi) is 10.5. The van der Waals surface area contributed by atoms with E-state index in [1.807, 2.05) is 36.4 Å². The highest BCUT2D eigenvalue weighted by molar-refractivity contribution is 6.12. The smallest absolute Gasteiger partial charge is 0.309 e. The Balaban J connectivity index is 1.45. The van der Waals surface area contributed by atoms with Crippen molar-refractivity contribution in [3.8, 4) is 33.6 Å². The molecule has 0 bridgehead atoms. The highest BCUT2D eigenvalue weighted by Gasteiger charge is 2.35. The number of alkyl halides is 3. The van der Waals surface area contributed by atoms with Crippen molar-refractivity contribution in [2.75, 3.05) is 0 Å². The molecule has 0 spiro atoms. The summed E-state index contributed by atoms with van der Waals surface area (Å²) in [5.41, 5.74) is 12.4. The summed E-state index contributed by atoms with van der Waals surface area (Å²) in [6.07, 6.45) is -4.58. The zero-order valence-electron chi connectivity index (χ0n) is 41.1. The molecule has 0 atom stereocenters. The molecule has 0 saturated carbocycles. The van der Waals surface area contributed by atoms with Gasteiger partial charge in [0.1, 0.15) is 0 Å². The molecule has 0 amide bonds. The second-order valence-corrected chi connectivity index (χ2v) is 22.6. The Bertz CT molecular complexity index is 3360. The van der Waals surface area contributed by atoms with Crippen LogP contribution in [0.25, 0.3) is 82.1 Å². The first-order chi connectivity index (χ1) is 31.3. The second kappa shape index (κ2) is 15.5. The number of rotatable bonds is 4. The van der Waals surface area contributed by atoms with E-state index >= 15 is 13.2 Å². The standard InChI is InChI=1S/C61H60F3N3/c1-36-16-15-17-49(61(62,63)64)56(36)37-18-24-43(55(30-37)67-52-27-21-40(59(8,9)10)33-46(52)47-34-41(60(11,12)13)22-28-53(47)67)48-35-42(65-14)23-29-54(48)66-50-25-19-38(57(2,3)4)31-44(50)45-32-39(58(5,6)7)20-26-51(45)66/h15-35H,1-13H3. The largest absolute Gasteiger partial charge is 0.417 e. The van der Waals surface area contributed by atoms with Crippen molar-refractivity contribution in [1.29, 1.82) is 0 Å². The summed E-state index contributed by atoms with van der Waals surface area (Å²) in [4.78, 5) is 3.96. The van der Waals surface area contributed by atoms with Gasteiger partial charge in [0.05, 0.1) is 45.6 Å². The minimum absolute atomic E-state index is 0.0873. The summed E-state index contributed by atoms with van der Waals surface area (Å²) in [7, 11) is 0. The van der Waals surface area contributed by atoms with E-state index in [4.69, 9.17) is 6.57 Å². The van der Waals surface area contributed by atoms with Gasteiger partial charge in [0.2, 0.25) is 0 Å². The van der Waals surface area contributed by atoms with Gasteiger partial charge in [-0.3, -0.25) is 0 Å². The molecule has 0 unspecified atom stereocenters. The molecular formula is C61H60F3N3. The predicted octanol–water partition coefficient (Wildman–Crippen LogP) is 18.3. The quantitative estimate of drug-likeness (QED) is 0.156. The van der Waals surface area contributed by atoms with Crippen LogP contribution in [0.5, 0.6) is 0 Å². The Morgan fingerprint density at radius 1 is 0.433 bits per heavy atom. The van der Waals surface area contributed by atoms with Crippen molar-refractivity contribution >= 4 is 49.3 Å². The fraction of sp³-hybridized carbons (Fsp3) is 0.295. The maximum Gasteiger partial charge on any atom is 0.417 e. The van der Waals surface area contributed by atoms with Crippen LogP contribution in [-0.2, 0) is 27.8 Å². The van der Waals surface area contributed by atoms with Crippen molar-refractivity contribution in [3.05, 3.63) is 172 Å². The highest BCUT2D eigenvalue weighted by Crippen LogP contribution is 2.47. The van der Waals surface area contributed by atoms with Gasteiger partial charge in [-0.1, -0.05) is 138 Å². The highest BCUT2D eigenvalue weighted by atomic mass is 19.4. The molecule has 7 aromatic carbocycles. The van der Waals surface area contributed by atoms with Crippen LogP contribution in [0.15, 0.2) is 127 Å². The predicted molar refractivity (Wildman–Crippen MR) is 277 cm³/mol. The summed E-state index contributed by atoms with van der Waals surface area (Å²) < 4.78 is 49.6. The first-order valence-corrected chi connectivity index (χ1v) is 23.3. The van der Waals surface area contributed by atoms with E-state index in [2.05, 4.69) is 170 Å². The van der Waals surface area contributed by atoms with Gasteiger partial charge < -0.3 is 9.13 Å². The number of hydrogen-bond acceptors (Lipinski definition) is 0. The molecule has 9 rings (SSSR count). The van der Waals surface area contributed by atoms with Crippen molar-refractivity contribution in [2.24, 2.45) is 0 Å². The van der Waals surface area contributed by atoms with Gasteiger partial charge >= 0.3 is 6.18 Å². The molecule has 3 nitrogen and oxygen atoms in total. The Morgan fingerprint density at radius 3 is 1.24 bits per heavy atom. The molecule has 340 valence electrons. The van der Waals surface area contributed by atoms with Crippen LogP contribution >= 0.6 is 0 Å². The molecular weight excluding hydrogens is 832 g/mol. The lowest BCUT2D eigenvalue weighted by Crippen LogP contribution is -2.10. The van der Waals surface area contributed by atoms with Crippen LogP contribution in [0.1, 0.15) is 116 Å². The van der Waals surface area contributed by atoms with E-state index in [1.54, 1.807) is 13.0 Å². The summed E-state index contributed by atoms with van der Waals surface area (Å²) in [6, 6.07) is 42.8. The zero-order chi connectivity index (χ0) is 48.3. The molecule has 2 heterocycles. The number of hydrogen-bond donors (Lipinski definition) is 0. The number of halogens is 3. The van der Waals surface area contributed by atoms with Crippen molar-refractivity contribution < 1.29 is 13.2 Å². The van der Waals surface area contributed by atoms with E-state index in [9.17, 15) is 0 Å². The van der Waals surface area contributed by atoms with Gasteiger partial charge in [-0.15, -0.1) is 0 Å². The average Bonchev–Trinajstić information content (AvgIpc) is 3.75. The molecule has 0 N–H and O–H groups in total. The van der Waals surface area contributed by atoms with Crippen molar-refractivity contribution in [3.63, 3.8) is 0 Å². The maximum absolute atomic E-state index is 15.0. The summed E-state index contributed by atoms with van der Waals surface area (Å²) in [5, 5.41) is 4.41. The Labute approximate surface area is 393 Å². The average molecular weight is 892 g/mol. The number of fused-ring (bicyclic) bond motifs is 6. The lowest BCUT2D eigenvalue weighted by molar-refractivity contribution is -0.137. The number of aryl methyl sites for hydroxylation is 1. The first kappa shape index (κ1) is 45.6. The molecule has 0 radical (unpaired) electrons. The summed E-state index contributed by atoms with van der Waals surface area (Å²) >= 11 is 0. The summed E-state index contributed by atoms with van der Waals surface area (Å²) in [6.45, 7) is 36.7. The van der Waals surface area contributed by atoms with Crippen molar-refractivity contribution in [1.82, 2.24) is 9.13 Å². The fourth-order valence-electron chi connectivity index (χ4n) is 9.82. The third kappa shape index (κ3) is 7.91. The number of aromatic nitrogens is 2. The van der Waals surface area contributed by atoms with Crippen LogP contribution in [-0.4, -0.2) is 9.13 Å². The fourth-order valence-corrected chi connectivity index (χ4v) is 9.82. The molecule has 0 fully saturated rings. The minimum Gasteiger partial charge on any atom is -0.309 e. The van der Waals surface area contributed by atoms with Crippen LogP contribution < -0.4 is 0 Å². The number of nitrogens with zero attached hydrogens (tertiary/aromatic N) is 3. The first-order valence-electron chi connectivity index (χ1n) is 23.3. The molecule has 2 aromatic heterocycles. The Hall–Kier alpha value is -6.58. The van der Waals surface area contributed by atoms with Crippen LogP contribution in [0.2, 0.25) is 0 Å². The number of benzene rings is 7. The summed E-state index contributed by atoms with van der Waals surface area (Å²) in [5.74, 6) is 0. The van der Waals surface area contributed by atoms with Gasteiger partial charge in [0.15, 0.2) is 5.69 Å². The maximum atomic E-state index is 15.0. The molecule has 0 aliphatic rings. The SMILES string of the molecule is [C-]#[N+]c1ccc(-n2c3ccc(C(C)(C)C)cc3c3cc(C(C)(C)C)ccc32)c(-c2ccc(-c3c(C)cccc3C(F)(F)F)cc2-n2c3ccc(C(C)(C)C)cc3c3cc(C(C)(C)C)ccc32)c1.